The Balaban J connectivity index is 2.38. The Labute approximate surface area is 256 Å². The van der Waals surface area contributed by atoms with Crippen molar-refractivity contribution in [3.8, 4) is 0 Å². The number of carbonyl (C=O) groups excluding carboxylic acids is 5. The lowest BCUT2D eigenvalue weighted by molar-refractivity contribution is -0.143. The van der Waals surface area contributed by atoms with Gasteiger partial charge < -0.3 is 31.4 Å². The predicted octanol–water partition coefficient (Wildman–Crippen LogP) is 1.13. The molecule has 1 aromatic carbocycles. The molecule has 14 heteroatoms. The number of nitrogens with one attached hydrogen (secondary N) is 6. The van der Waals surface area contributed by atoms with Gasteiger partial charge in [0.05, 0.1) is 0 Å². The number of para-hydroxylation sites is 1. The average Bonchev–Trinajstić information content (AvgIpc) is 3.41. The molecule has 44 heavy (non-hydrogen) atoms. The highest BCUT2D eigenvalue weighted by Crippen LogP contribution is 2.20. The Bertz CT molecular complexity index is 1330. The molecule has 0 aliphatic rings. The van der Waals surface area contributed by atoms with Crippen molar-refractivity contribution in [3.05, 3.63) is 36.0 Å². The third-order valence-electron chi connectivity index (χ3n) is 7.78. The van der Waals surface area contributed by atoms with E-state index in [2.05, 4.69) is 26.3 Å². The maximum absolute atomic E-state index is 13.7. The van der Waals surface area contributed by atoms with E-state index in [-0.39, 0.29) is 31.1 Å². The molecule has 0 spiro atoms. The van der Waals surface area contributed by atoms with Crippen molar-refractivity contribution >= 4 is 46.4 Å². The van der Waals surface area contributed by atoms with Crippen LogP contribution in [0.15, 0.2) is 30.5 Å². The molecule has 2 aromatic rings. The second-order valence-corrected chi connectivity index (χ2v) is 11.0. The van der Waals surface area contributed by atoms with Crippen molar-refractivity contribution in [2.75, 3.05) is 0 Å². The fourth-order valence-corrected chi connectivity index (χ4v) is 4.72. The molecule has 6 atom stereocenters. The van der Waals surface area contributed by atoms with Gasteiger partial charge in [0.1, 0.15) is 24.2 Å². The Morgan fingerprint density at radius 3 is 1.95 bits per heavy atom. The van der Waals surface area contributed by atoms with E-state index in [0.29, 0.717) is 18.4 Å². The van der Waals surface area contributed by atoms with Gasteiger partial charge in [0.15, 0.2) is 0 Å². The van der Waals surface area contributed by atoms with Gasteiger partial charge in [-0.25, -0.2) is 10.3 Å². The van der Waals surface area contributed by atoms with E-state index in [4.69, 9.17) is 5.21 Å². The average molecular weight is 617 g/mol. The highest BCUT2D eigenvalue weighted by molar-refractivity contribution is 5.95. The summed E-state index contributed by atoms with van der Waals surface area (Å²) in [6, 6.07) is 2.63. The Morgan fingerprint density at radius 1 is 0.818 bits per heavy atom. The zero-order valence-electron chi connectivity index (χ0n) is 25.7. The smallest absolute Gasteiger partial charge is 0.326 e. The topological polar surface area (TPSA) is 219 Å². The lowest BCUT2D eigenvalue weighted by Gasteiger charge is -2.30. The standard InChI is InChI=1S/C30H44N6O8/c1-6-16(3)25(32-18(5)37)29(41)35-26(17(4)7-2)28(40)34-23(14-19-15-31-21-11-9-8-10-20(19)21)27(39)33-22(30(42)43)12-13-24(38)36-44/h8-11,15-17,22-23,25-26,31,44H,6-7,12-14H2,1-5H3,(H,32,37)(H,33,39)(H,34,40)(H,35,41)(H,36,38)(H,42,43)/t16-,17-,22-,23-,25-,26-/m0/s1. The zero-order valence-corrected chi connectivity index (χ0v) is 25.7. The number of aromatic amines is 1. The number of amides is 5. The molecule has 2 rings (SSSR count). The normalized spacial score (nSPS) is 15.1. The summed E-state index contributed by atoms with van der Waals surface area (Å²) in [6.45, 7) is 8.59. The molecule has 0 radical (unpaired) electrons. The van der Waals surface area contributed by atoms with Crippen LogP contribution < -0.4 is 26.7 Å². The number of aromatic nitrogens is 1. The Morgan fingerprint density at radius 2 is 1.39 bits per heavy atom. The van der Waals surface area contributed by atoms with Gasteiger partial charge in [-0.1, -0.05) is 58.7 Å². The van der Waals surface area contributed by atoms with Gasteiger partial charge in [0, 0.05) is 36.9 Å². The van der Waals surface area contributed by atoms with Gasteiger partial charge in [0.2, 0.25) is 29.5 Å². The highest BCUT2D eigenvalue weighted by atomic mass is 16.5. The number of rotatable bonds is 17. The molecule has 0 aliphatic carbocycles. The summed E-state index contributed by atoms with van der Waals surface area (Å²) in [5.41, 5.74) is 2.89. The lowest BCUT2D eigenvalue weighted by atomic mass is 9.94. The number of H-pyrrole nitrogens is 1. The monoisotopic (exact) mass is 616 g/mol. The Kier molecular flexibility index (Phi) is 13.8. The van der Waals surface area contributed by atoms with Crippen LogP contribution in [0.25, 0.3) is 10.9 Å². The van der Waals surface area contributed by atoms with Crippen LogP contribution in [0, 0.1) is 11.8 Å². The van der Waals surface area contributed by atoms with Crippen LogP contribution >= 0.6 is 0 Å². The van der Waals surface area contributed by atoms with Crippen molar-refractivity contribution < 1.29 is 39.1 Å². The fourth-order valence-electron chi connectivity index (χ4n) is 4.72. The molecule has 0 saturated carbocycles. The first kappa shape index (κ1) is 35.7. The van der Waals surface area contributed by atoms with Gasteiger partial charge >= 0.3 is 5.97 Å². The molecule has 0 unspecified atom stereocenters. The minimum Gasteiger partial charge on any atom is -0.480 e. The van der Waals surface area contributed by atoms with Crippen LogP contribution in [0.1, 0.15) is 65.9 Å². The number of fused-ring (bicyclic) bond motifs is 1. The molecule has 1 heterocycles. The summed E-state index contributed by atoms with van der Waals surface area (Å²) >= 11 is 0. The van der Waals surface area contributed by atoms with Gasteiger partial charge in [-0.05, 0) is 29.9 Å². The van der Waals surface area contributed by atoms with Crippen molar-refractivity contribution in [3.63, 3.8) is 0 Å². The summed E-state index contributed by atoms with van der Waals surface area (Å²) in [6.07, 6.45) is 2.08. The molecular formula is C30H44N6O8. The first-order chi connectivity index (χ1) is 20.8. The Hall–Kier alpha value is -4.46. The molecule has 242 valence electrons. The van der Waals surface area contributed by atoms with E-state index in [9.17, 15) is 33.9 Å². The third kappa shape index (κ3) is 10.1. The summed E-state index contributed by atoms with van der Waals surface area (Å²) < 4.78 is 0. The molecule has 0 bridgehead atoms. The molecule has 0 saturated heterocycles. The number of benzene rings is 1. The summed E-state index contributed by atoms with van der Waals surface area (Å²) in [5, 5.41) is 29.7. The van der Waals surface area contributed by atoms with Crippen LogP contribution in [0.4, 0.5) is 0 Å². The molecule has 0 fully saturated rings. The van der Waals surface area contributed by atoms with Crippen molar-refractivity contribution in [2.45, 2.75) is 90.9 Å². The lowest BCUT2D eigenvalue weighted by Crippen LogP contribution is -2.60. The fraction of sp³-hybridized carbons (Fsp3) is 0.533. The van der Waals surface area contributed by atoms with Crippen molar-refractivity contribution in [2.24, 2.45) is 11.8 Å². The van der Waals surface area contributed by atoms with E-state index in [0.717, 1.165) is 10.9 Å². The van der Waals surface area contributed by atoms with Gasteiger partial charge in [-0.2, -0.15) is 0 Å². The second-order valence-electron chi connectivity index (χ2n) is 11.0. The molecule has 14 nitrogen and oxygen atoms in total. The quantitative estimate of drug-likeness (QED) is 0.0949. The number of hydrogen-bond donors (Lipinski definition) is 8. The zero-order chi connectivity index (χ0) is 33.0. The molecule has 1 aromatic heterocycles. The predicted molar refractivity (Wildman–Crippen MR) is 161 cm³/mol. The first-order valence-corrected chi connectivity index (χ1v) is 14.7. The van der Waals surface area contributed by atoms with Crippen LogP contribution in [-0.2, 0) is 35.2 Å². The van der Waals surface area contributed by atoms with E-state index in [1.54, 1.807) is 13.1 Å². The van der Waals surface area contributed by atoms with Gasteiger partial charge in [0.25, 0.3) is 0 Å². The highest BCUT2D eigenvalue weighted by Gasteiger charge is 2.34. The van der Waals surface area contributed by atoms with Gasteiger partial charge in [-0.3, -0.25) is 29.2 Å². The third-order valence-corrected chi connectivity index (χ3v) is 7.78. The number of carboxylic acid groups (broad SMARTS) is 1. The van der Waals surface area contributed by atoms with Crippen LogP contribution in [0.3, 0.4) is 0 Å². The van der Waals surface area contributed by atoms with Crippen LogP contribution in [0.5, 0.6) is 0 Å². The molecule has 5 amide bonds. The largest absolute Gasteiger partial charge is 0.480 e. The number of hydroxylamine groups is 1. The second kappa shape index (κ2) is 17.0. The van der Waals surface area contributed by atoms with Crippen LogP contribution in [-0.4, -0.2) is 75.0 Å². The molecular weight excluding hydrogens is 572 g/mol. The number of carboxylic acids is 1. The van der Waals surface area contributed by atoms with Crippen LogP contribution in [0.2, 0.25) is 0 Å². The molecule has 8 N–H and O–H groups in total. The maximum Gasteiger partial charge on any atom is 0.326 e. The van der Waals surface area contributed by atoms with E-state index >= 15 is 0 Å². The van der Waals surface area contributed by atoms with E-state index in [1.165, 1.54) is 12.4 Å². The number of aliphatic carboxylic acids is 1. The van der Waals surface area contributed by atoms with Gasteiger partial charge in [-0.15, -0.1) is 0 Å². The summed E-state index contributed by atoms with van der Waals surface area (Å²) in [5.74, 6) is -5.22. The van der Waals surface area contributed by atoms with E-state index in [1.807, 2.05) is 45.0 Å². The number of hydrogen-bond acceptors (Lipinski definition) is 7. The van der Waals surface area contributed by atoms with Crippen molar-refractivity contribution in [1.82, 2.24) is 31.7 Å². The van der Waals surface area contributed by atoms with Crippen molar-refractivity contribution in [1.29, 1.82) is 0 Å². The van der Waals surface area contributed by atoms with E-state index < -0.39 is 59.7 Å². The maximum atomic E-state index is 13.7. The first-order valence-electron chi connectivity index (χ1n) is 14.7. The minimum absolute atomic E-state index is 0.0202. The minimum atomic E-state index is -1.49. The summed E-state index contributed by atoms with van der Waals surface area (Å²) in [7, 11) is 0. The SMILES string of the molecule is CC[C@H](C)[C@H](NC(C)=O)C(=O)N[C@H](C(=O)N[C@@H](Cc1c[nH]c2ccccc12)C(=O)N[C@@H](CCC(=O)NO)C(=O)O)[C@@H](C)CC. The number of carbonyl (C=O) groups is 6. The molecule has 0 aliphatic heterocycles. The summed E-state index contributed by atoms with van der Waals surface area (Å²) in [4.78, 5) is 78.8.